The van der Waals surface area contributed by atoms with Gasteiger partial charge in [-0.2, -0.15) is 0 Å². The molecule has 2 aromatic carbocycles. The number of benzene rings is 2. The third-order valence-electron chi connectivity index (χ3n) is 6.33. The standard InChI is InChI=1S/C27H29NO5/c1-15(2)33-27(31)24-16(3)28-20-12-19(17-8-6-5-7-9-17)13-22(30)26(20)25(24)18-10-11-21(29)23(14-18)32-4/h5-11,14-15,19,24-25,29H,12-13H2,1-4H3/t19-,24?,25+/m1/s1. The van der Waals surface area contributed by atoms with Gasteiger partial charge in [0.2, 0.25) is 0 Å². The van der Waals surface area contributed by atoms with E-state index < -0.39 is 17.8 Å². The first kappa shape index (κ1) is 22.8. The summed E-state index contributed by atoms with van der Waals surface area (Å²) in [5.74, 6) is -1.37. The van der Waals surface area contributed by atoms with Crippen molar-refractivity contribution in [3.63, 3.8) is 0 Å². The minimum Gasteiger partial charge on any atom is -0.504 e. The highest BCUT2D eigenvalue weighted by atomic mass is 16.5. The van der Waals surface area contributed by atoms with Crippen LogP contribution in [0.2, 0.25) is 0 Å². The molecular formula is C27H29NO5. The van der Waals surface area contributed by atoms with Gasteiger partial charge in [-0.15, -0.1) is 0 Å². The van der Waals surface area contributed by atoms with Gasteiger partial charge >= 0.3 is 5.97 Å². The van der Waals surface area contributed by atoms with Crippen LogP contribution in [0.25, 0.3) is 0 Å². The molecular weight excluding hydrogens is 418 g/mol. The van der Waals surface area contributed by atoms with Crippen LogP contribution >= 0.6 is 0 Å². The molecule has 4 rings (SSSR count). The number of nitrogens with zero attached hydrogens (tertiary/aromatic N) is 1. The van der Waals surface area contributed by atoms with Gasteiger partial charge < -0.3 is 14.6 Å². The largest absolute Gasteiger partial charge is 0.504 e. The van der Waals surface area contributed by atoms with Crippen molar-refractivity contribution >= 4 is 17.5 Å². The van der Waals surface area contributed by atoms with Crippen LogP contribution in [0.5, 0.6) is 11.5 Å². The zero-order chi connectivity index (χ0) is 23.7. The minimum atomic E-state index is -0.724. The maximum absolute atomic E-state index is 13.6. The Bertz CT molecular complexity index is 1130. The molecule has 6 heteroatoms. The summed E-state index contributed by atoms with van der Waals surface area (Å²) >= 11 is 0. The smallest absolute Gasteiger partial charge is 0.315 e. The summed E-state index contributed by atoms with van der Waals surface area (Å²) in [6.07, 6.45) is 0.690. The minimum absolute atomic E-state index is 0.00271. The lowest BCUT2D eigenvalue weighted by molar-refractivity contribution is -0.150. The van der Waals surface area contributed by atoms with E-state index in [1.807, 2.05) is 37.3 Å². The summed E-state index contributed by atoms with van der Waals surface area (Å²) in [4.78, 5) is 31.5. The van der Waals surface area contributed by atoms with Crippen LogP contribution in [0.4, 0.5) is 0 Å². The van der Waals surface area contributed by atoms with Crippen molar-refractivity contribution in [2.24, 2.45) is 10.9 Å². The van der Waals surface area contributed by atoms with Gasteiger partial charge in [-0.3, -0.25) is 14.6 Å². The first-order valence-corrected chi connectivity index (χ1v) is 11.2. The number of phenols is 1. The number of carbonyl (C=O) groups is 2. The fourth-order valence-corrected chi connectivity index (χ4v) is 4.88. The lowest BCUT2D eigenvalue weighted by atomic mass is 9.69. The number of phenolic OH excluding ortho intramolecular Hbond substituents is 1. The molecule has 0 spiro atoms. The SMILES string of the molecule is COc1cc([C@@H]2C3=C(C[C@@H](c4ccccc4)CC3=O)N=C(C)C2C(=O)OC(C)C)ccc1O. The van der Waals surface area contributed by atoms with Crippen LogP contribution in [0.15, 0.2) is 64.8 Å². The highest BCUT2D eigenvalue weighted by Gasteiger charge is 2.45. The predicted molar refractivity (Wildman–Crippen MR) is 126 cm³/mol. The Morgan fingerprint density at radius 1 is 1.09 bits per heavy atom. The van der Waals surface area contributed by atoms with Crippen LogP contribution in [0.3, 0.4) is 0 Å². The van der Waals surface area contributed by atoms with Crippen molar-refractivity contribution in [3.05, 3.63) is 70.9 Å². The molecule has 2 aliphatic rings. The fraction of sp³-hybridized carbons (Fsp3) is 0.370. The molecule has 1 unspecified atom stereocenters. The number of ketones is 1. The number of ether oxygens (including phenoxy) is 2. The van der Waals surface area contributed by atoms with E-state index in [9.17, 15) is 14.7 Å². The van der Waals surface area contributed by atoms with Crippen molar-refractivity contribution in [1.82, 2.24) is 0 Å². The molecule has 1 aliphatic carbocycles. The number of hydrogen-bond donors (Lipinski definition) is 1. The Kier molecular flexibility index (Phi) is 6.36. The molecule has 0 aromatic heterocycles. The van der Waals surface area contributed by atoms with E-state index >= 15 is 0 Å². The molecule has 1 heterocycles. The molecule has 172 valence electrons. The van der Waals surface area contributed by atoms with Gasteiger partial charge in [-0.05, 0) is 56.4 Å². The van der Waals surface area contributed by atoms with Crippen LogP contribution in [0, 0.1) is 5.92 Å². The van der Waals surface area contributed by atoms with Gasteiger partial charge in [0.05, 0.1) is 13.2 Å². The number of aliphatic imine (C=N–C) groups is 1. The second-order valence-electron chi connectivity index (χ2n) is 8.92. The van der Waals surface area contributed by atoms with Gasteiger partial charge in [-0.1, -0.05) is 36.4 Å². The quantitative estimate of drug-likeness (QED) is 0.657. The summed E-state index contributed by atoms with van der Waals surface area (Å²) in [6.45, 7) is 5.41. The molecule has 0 fully saturated rings. The lowest BCUT2D eigenvalue weighted by Gasteiger charge is -2.36. The van der Waals surface area contributed by atoms with E-state index in [2.05, 4.69) is 0 Å². The third kappa shape index (κ3) is 4.42. The molecule has 1 aliphatic heterocycles. The number of Topliss-reactive ketones (excluding diaryl/α,β-unsaturated/α-hetero) is 1. The van der Waals surface area contributed by atoms with Crippen molar-refractivity contribution in [3.8, 4) is 11.5 Å². The number of allylic oxidation sites excluding steroid dienone is 2. The molecule has 0 amide bonds. The molecule has 3 atom stereocenters. The second kappa shape index (κ2) is 9.22. The molecule has 2 aromatic rings. The predicted octanol–water partition coefficient (Wildman–Crippen LogP) is 4.93. The summed E-state index contributed by atoms with van der Waals surface area (Å²) in [6, 6.07) is 14.9. The van der Waals surface area contributed by atoms with Crippen molar-refractivity contribution < 1.29 is 24.2 Å². The Morgan fingerprint density at radius 3 is 2.48 bits per heavy atom. The number of esters is 1. The summed E-state index contributed by atoms with van der Waals surface area (Å²) in [5, 5.41) is 10.1. The summed E-state index contributed by atoms with van der Waals surface area (Å²) in [7, 11) is 1.47. The molecule has 0 saturated heterocycles. The number of rotatable bonds is 5. The van der Waals surface area contributed by atoms with E-state index in [0.29, 0.717) is 29.7 Å². The third-order valence-corrected chi connectivity index (χ3v) is 6.33. The van der Waals surface area contributed by atoms with Gasteiger partial charge in [0.15, 0.2) is 17.3 Å². The molecule has 33 heavy (non-hydrogen) atoms. The Morgan fingerprint density at radius 2 is 1.82 bits per heavy atom. The van der Waals surface area contributed by atoms with Crippen molar-refractivity contribution in [2.75, 3.05) is 7.11 Å². The highest BCUT2D eigenvalue weighted by Crippen LogP contribution is 2.47. The number of aromatic hydroxyl groups is 1. The second-order valence-corrected chi connectivity index (χ2v) is 8.92. The molecule has 1 N–H and O–H groups in total. The van der Waals surface area contributed by atoms with Crippen LogP contribution in [-0.2, 0) is 14.3 Å². The van der Waals surface area contributed by atoms with Crippen molar-refractivity contribution in [2.45, 2.75) is 51.6 Å². The average Bonchev–Trinajstić information content (AvgIpc) is 2.78. The van der Waals surface area contributed by atoms with Crippen molar-refractivity contribution in [1.29, 1.82) is 0 Å². The van der Waals surface area contributed by atoms with Gasteiger partial charge in [-0.25, -0.2) is 0 Å². The molecule has 0 radical (unpaired) electrons. The zero-order valence-corrected chi connectivity index (χ0v) is 19.4. The average molecular weight is 448 g/mol. The normalized spacial score (nSPS) is 22.6. The molecule has 0 saturated carbocycles. The van der Waals surface area contributed by atoms with Gasteiger partial charge in [0.1, 0.15) is 5.92 Å². The number of hydrogen-bond acceptors (Lipinski definition) is 6. The van der Waals surface area contributed by atoms with E-state index in [0.717, 1.165) is 11.3 Å². The Balaban J connectivity index is 1.83. The topological polar surface area (TPSA) is 85.2 Å². The maximum Gasteiger partial charge on any atom is 0.315 e. The number of carbonyl (C=O) groups excluding carboxylic acids is 2. The fourth-order valence-electron chi connectivity index (χ4n) is 4.88. The Labute approximate surface area is 194 Å². The van der Waals surface area contributed by atoms with E-state index in [-0.39, 0.29) is 29.3 Å². The summed E-state index contributed by atoms with van der Waals surface area (Å²) in [5.41, 5.74) is 3.73. The van der Waals surface area contributed by atoms with E-state index in [1.165, 1.54) is 13.2 Å². The molecule has 6 nitrogen and oxygen atoms in total. The highest BCUT2D eigenvalue weighted by molar-refractivity contribution is 6.09. The first-order chi connectivity index (χ1) is 15.8. The number of methoxy groups -OCH3 is 1. The van der Waals surface area contributed by atoms with Crippen LogP contribution in [-0.4, -0.2) is 35.8 Å². The Hall–Kier alpha value is -3.41. The van der Waals surface area contributed by atoms with Gasteiger partial charge in [0.25, 0.3) is 0 Å². The lowest BCUT2D eigenvalue weighted by Crippen LogP contribution is -2.38. The monoisotopic (exact) mass is 447 g/mol. The first-order valence-electron chi connectivity index (χ1n) is 11.2. The molecule has 0 bridgehead atoms. The van der Waals surface area contributed by atoms with Crippen LogP contribution < -0.4 is 4.74 Å². The summed E-state index contributed by atoms with van der Waals surface area (Å²) < 4.78 is 10.9. The zero-order valence-electron chi connectivity index (χ0n) is 19.4. The van der Waals surface area contributed by atoms with Gasteiger partial charge in [0, 0.05) is 29.3 Å². The van der Waals surface area contributed by atoms with Crippen LogP contribution in [0.1, 0.15) is 56.6 Å². The van der Waals surface area contributed by atoms with E-state index in [1.54, 1.807) is 26.0 Å². The maximum atomic E-state index is 13.6. The van der Waals surface area contributed by atoms with E-state index in [4.69, 9.17) is 14.5 Å².